The summed E-state index contributed by atoms with van der Waals surface area (Å²) in [5.74, 6) is 0. The van der Waals surface area contributed by atoms with Gasteiger partial charge in [0.2, 0.25) is 0 Å². The molecule has 0 N–H and O–H groups in total. The number of aromatic nitrogens is 1. The summed E-state index contributed by atoms with van der Waals surface area (Å²) in [7, 11) is 0. The molecule has 0 aliphatic rings. The Bertz CT molecular complexity index is 478. The monoisotopic (exact) mass is 211 g/mol. The average molecular weight is 212 g/mol. The molecule has 0 saturated heterocycles. The molecule has 0 unspecified atom stereocenters. The van der Waals surface area contributed by atoms with Gasteiger partial charge in [0.25, 0.3) is 0 Å². The lowest BCUT2D eigenvalue weighted by Gasteiger charge is -1.93. The minimum absolute atomic E-state index is 0.562. The zero-order valence-corrected chi connectivity index (χ0v) is 8.45. The molecule has 4 heteroatoms. The van der Waals surface area contributed by atoms with Crippen LogP contribution in [0.15, 0.2) is 12.1 Å². The second-order valence-corrected chi connectivity index (χ2v) is 4.36. The Hall–Kier alpha value is -0.930. The Labute approximate surface area is 84.2 Å². The molecular weight excluding hydrogens is 206 g/mol. The molecule has 1 aromatic heterocycles. The summed E-state index contributed by atoms with van der Waals surface area (Å²) in [6.07, 6.45) is 0.785. The van der Waals surface area contributed by atoms with Crippen LogP contribution in [0.5, 0.6) is 0 Å². The van der Waals surface area contributed by atoms with Crippen LogP contribution in [0.3, 0.4) is 0 Å². The normalized spacial score (nSPS) is 10.6. The fourth-order valence-electron chi connectivity index (χ4n) is 1.22. The van der Waals surface area contributed by atoms with Gasteiger partial charge in [-0.25, -0.2) is 4.98 Å². The maximum atomic E-state index is 10.7. The second kappa shape index (κ2) is 3.09. The number of aryl methyl sites for hydroxylation is 1. The standard InChI is InChI=1S/C9H6ClNOS/c1-5-11-9-6(4-12)2-7(10)3-8(9)13-5/h2-4H,1H3. The molecule has 1 heterocycles. The number of halogens is 1. The lowest BCUT2D eigenvalue weighted by Crippen LogP contribution is -1.82. The predicted molar refractivity (Wildman–Crippen MR) is 54.8 cm³/mol. The minimum Gasteiger partial charge on any atom is -0.298 e. The highest BCUT2D eigenvalue weighted by molar-refractivity contribution is 7.18. The topological polar surface area (TPSA) is 30.0 Å². The van der Waals surface area contributed by atoms with Gasteiger partial charge in [-0.15, -0.1) is 11.3 Å². The molecule has 0 radical (unpaired) electrons. The van der Waals surface area contributed by atoms with Crippen molar-refractivity contribution in [1.82, 2.24) is 4.98 Å². The number of rotatable bonds is 1. The molecule has 0 aliphatic carbocycles. The summed E-state index contributed by atoms with van der Waals surface area (Å²) in [5.41, 5.74) is 1.31. The van der Waals surface area contributed by atoms with Crippen LogP contribution in [0.25, 0.3) is 10.2 Å². The molecule has 0 aliphatic heterocycles. The first-order valence-electron chi connectivity index (χ1n) is 3.72. The summed E-state index contributed by atoms with van der Waals surface area (Å²) in [4.78, 5) is 14.9. The Morgan fingerprint density at radius 2 is 2.31 bits per heavy atom. The molecule has 0 spiro atoms. The van der Waals surface area contributed by atoms with Crippen molar-refractivity contribution in [2.45, 2.75) is 6.92 Å². The van der Waals surface area contributed by atoms with E-state index < -0.39 is 0 Å². The first-order chi connectivity index (χ1) is 6.20. The summed E-state index contributed by atoms with van der Waals surface area (Å²) < 4.78 is 0.965. The fraction of sp³-hybridized carbons (Fsp3) is 0.111. The highest BCUT2D eigenvalue weighted by atomic mass is 35.5. The number of aldehydes is 1. The largest absolute Gasteiger partial charge is 0.298 e. The summed E-state index contributed by atoms with van der Waals surface area (Å²) in [6.45, 7) is 1.91. The number of thiazole rings is 1. The highest BCUT2D eigenvalue weighted by Gasteiger charge is 2.06. The first kappa shape index (κ1) is 8.66. The van der Waals surface area contributed by atoms with Crippen molar-refractivity contribution in [1.29, 1.82) is 0 Å². The van der Waals surface area contributed by atoms with Gasteiger partial charge in [0, 0.05) is 10.6 Å². The van der Waals surface area contributed by atoms with E-state index in [1.807, 2.05) is 13.0 Å². The number of benzene rings is 1. The third-order valence-corrected chi connectivity index (χ3v) is 2.86. The Morgan fingerprint density at radius 3 is 3.00 bits per heavy atom. The van der Waals surface area contributed by atoms with E-state index in [1.54, 1.807) is 17.4 Å². The van der Waals surface area contributed by atoms with Crippen LogP contribution in [0, 0.1) is 6.92 Å². The molecule has 1 aromatic carbocycles. The molecule has 0 amide bonds. The van der Waals surface area contributed by atoms with Gasteiger partial charge in [-0.05, 0) is 19.1 Å². The summed E-state index contributed by atoms with van der Waals surface area (Å²) >= 11 is 7.37. The molecule has 2 aromatic rings. The molecule has 0 atom stereocenters. The maximum Gasteiger partial charge on any atom is 0.152 e. The molecule has 2 nitrogen and oxygen atoms in total. The quantitative estimate of drug-likeness (QED) is 0.679. The predicted octanol–water partition coefficient (Wildman–Crippen LogP) is 3.07. The van der Waals surface area contributed by atoms with Gasteiger partial charge in [-0.1, -0.05) is 11.6 Å². The van der Waals surface area contributed by atoms with Crippen molar-refractivity contribution in [2.75, 3.05) is 0 Å². The van der Waals surface area contributed by atoms with Gasteiger partial charge in [-0.2, -0.15) is 0 Å². The minimum atomic E-state index is 0.562. The number of hydrogen-bond acceptors (Lipinski definition) is 3. The van der Waals surface area contributed by atoms with E-state index in [-0.39, 0.29) is 0 Å². The Morgan fingerprint density at radius 1 is 1.54 bits per heavy atom. The summed E-state index contributed by atoms with van der Waals surface area (Å²) in [6, 6.07) is 3.46. The van der Waals surface area contributed by atoms with Gasteiger partial charge >= 0.3 is 0 Å². The van der Waals surface area contributed by atoms with Gasteiger partial charge in [0.15, 0.2) is 6.29 Å². The second-order valence-electron chi connectivity index (χ2n) is 2.69. The molecule has 0 fully saturated rings. The van der Waals surface area contributed by atoms with Gasteiger partial charge in [-0.3, -0.25) is 4.79 Å². The first-order valence-corrected chi connectivity index (χ1v) is 4.92. The van der Waals surface area contributed by atoms with Crippen LogP contribution in [0.4, 0.5) is 0 Å². The lowest BCUT2D eigenvalue weighted by atomic mass is 10.2. The number of nitrogens with zero attached hydrogens (tertiary/aromatic N) is 1. The van der Waals surface area contributed by atoms with Crippen LogP contribution in [-0.2, 0) is 0 Å². The number of fused-ring (bicyclic) bond motifs is 1. The van der Waals surface area contributed by atoms with Crippen LogP contribution in [0.2, 0.25) is 5.02 Å². The van der Waals surface area contributed by atoms with Crippen molar-refractivity contribution in [3.8, 4) is 0 Å². The number of carbonyl (C=O) groups is 1. The van der Waals surface area contributed by atoms with Crippen LogP contribution < -0.4 is 0 Å². The van der Waals surface area contributed by atoms with Crippen molar-refractivity contribution >= 4 is 39.4 Å². The summed E-state index contributed by atoms with van der Waals surface area (Å²) in [5, 5.41) is 1.53. The molecule has 0 saturated carbocycles. The Balaban J connectivity index is 2.88. The van der Waals surface area contributed by atoms with Gasteiger partial charge < -0.3 is 0 Å². The van der Waals surface area contributed by atoms with Crippen molar-refractivity contribution < 1.29 is 4.79 Å². The van der Waals surface area contributed by atoms with E-state index in [0.29, 0.717) is 10.6 Å². The van der Waals surface area contributed by atoms with E-state index in [0.717, 1.165) is 21.5 Å². The molecule has 2 rings (SSSR count). The smallest absolute Gasteiger partial charge is 0.152 e. The highest BCUT2D eigenvalue weighted by Crippen LogP contribution is 2.27. The SMILES string of the molecule is Cc1nc2c(C=O)cc(Cl)cc2s1. The fourth-order valence-corrected chi connectivity index (χ4v) is 2.41. The molecule has 0 bridgehead atoms. The van der Waals surface area contributed by atoms with Crippen molar-refractivity contribution in [3.05, 3.63) is 27.7 Å². The van der Waals surface area contributed by atoms with E-state index in [1.165, 1.54) is 0 Å². The number of carbonyl (C=O) groups excluding carboxylic acids is 1. The average Bonchev–Trinajstić information content (AvgIpc) is 2.43. The lowest BCUT2D eigenvalue weighted by molar-refractivity contribution is 0.112. The van der Waals surface area contributed by atoms with Crippen LogP contribution in [0.1, 0.15) is 15.4 Å². The number of hydrogen-bond donors (Lipinski definition) is 0. The van der Waals surface area contributed by atoms with Crippen LogP contribution >= 0.6 is 22.9 Å². The van der Waals surface area contributed by atoms with Crippen molar-refractivity contribution in [2.24, 2.45) is 0 Å². The van der Waals surface area contributed by atoms with Crippen LogP contribution in [-0.4, -0.2) is 11.3 Å². The van der Waals surface area contributed by atoms with E-state index in [2.05, 4.69) is 4.98 Å². The molecule has 66 valence electrons. The Kier molecular flexibility index (Phi) is 2.06. The molecule has 13 heavy (non-hydrogen) atoms. The van der Waals surface area contributed by atoms with E-state index >= 15 is 0 Å². The van der Waals surface area contributed by atoms with Gasteiger partial charge in [0.05, 0.1) is 15.2 Å². The third kappa shape index (κ3) is 1.45. The van der Waals surface area contributed by atoms with Crippen molar-refractivity contribution in [3.63, 3.8) is 0 Å². The van der Waals surface area contributed by atoms with E-state index in [4.69, 9.17) is 11.6 Å². The third-order valence-electron chi connectivity index (χ3n) is 1.72. The zero-order chi connectivity index (χ0) is 9.42. The van der Waals surface area contributed by atoms with E-state index in [9.17, 15) is 4.79 Å². The maximum absolute atomic E-state index is 10.7. The molecular formula is C9H6ClNOS. The van der Waals surface area contributed by atoms with Gasteiger partial charge in [0.1, 0.15) is 0 Å². The zero-order valence-electron chi connectivity index (χ0n) is 6.87.